The van der Waals surface area contributed by atoms with E-state index in [-0.39, 0.29) is 6.10 Å². The molecule has 1 unspecified atom stereocenters. The molecule has 0 spiro atoms. The molecule has 5 nitrogen and oxygen atoms in total. The lowest BCUT2D eigenvalue weighted by atomic mass is 10.1. The number of carboxylic acid groups (broad SMARTS) is 1. The number of ether oxygens (including phenoxy) is 1. The number of hydrogen-bond acceptors (Lipinski definition) is 4. The lowest BCUT2D eigenvalue weighted by Gasteiger charge is -2.16. The predicted molar refractivity (Wildman–Crippen MR) is 78.1 cm³/mol. The largest absolute Gasteiger partial charge is 0.491 e. The van der Waals surface area contributed by atoms with E-state index in [1.165, 1.54) is 0 Å². The van der Waals surface area contributed by atoms with Crippen LogP contribution in [0.4, 0.5) is 0 Å². The average molecular weight is 289 g/mol. The van der Waals surface area contributed by atoms with Gasteiger partial charge in [0.05, 0.1) is 18.9 Å². The number of carbonyl (C=O) groups is 1. The van der Waals surface area contributed by atoms with Gasteiger partial charge in [0, 0.05) is 0 Å². The topological polar surface area (TPSA) is 71.7 Å². The van der Waals surface area contributed by atoms with Crippen molar-refractivity contribution >= 4 is 5.97 Å². The first kappa shape index (κ1) is 15.1. The van der Waals surface area contributed by atoms with Crippen molar-refractivity contribution in [2.75, 3.05) is 0 Å². The zero-order valence-corrected chi connectivity index (χ0v) is 12.1. The highest BCUT2D eigenvalue weighted by molar-refractivity contribution is 5.75. The Labute approximate surface area is 123 Å². The van der Waals surface area contributed by atoms with Crippen LogP contribution < -0.4 is 10.1 Å². The zero-order chi connectivity index (χ0) is 15.2. The molecule has 5 heteroatoms. The van der Waals surface area contributed by atoms with Gasteiger partial charge in [-0.3, -0.25) is 10.1 Å². The molecular weight excluding hydrogens is 270 g/mol. The van der Waals surface area contributed by atoms with Crippen LogP contribution in [0.15, 0.2) is 47.1 Å². The number of aliphatic carboxylic acids is 1. The second kappa shape index (κ2) is 6.95. The molecule has 0 saturated heterocycles. The Morgan fingerprint density at radius 2 is 2.14 bits per heavy atom. The molecule has 0 saturated carbocycles. The van der Waals surface area contributed by atoms with Crippen LogP contribution in [0.25, 0.3) is 0 Å². The van der Waals surface area contributed by atoms with E-state index in [1.54, 1.807) is 36.6 Å². The standard InChI is InChI=1S/C16H19NO4/c1-11(2)21-13-6-3-5-12(9-13)15(16(18)19)17-10-14-7-4-8-20-14/h3-9,11,15,17H,10H2,1-2H3,(H,18,19). The van der Waals surface area contributed by atoms with Gasteiger partial charge in [0.25, 0.3) is 0 Å². The maximum absolute atomic E-state index is 11.5. The summed E-state index contributed by atoms with van der Waals surface area (Å²) in [6.07, 6.45) is 1.60. The summed E-state index contributed by atoms with van der Waals surface area (Å²) in [5.41, 5.74) is 0.646. The molecule has 0 aliphatic carbocycles. The highest BCUT2D eigenvalue weighted by atomic mass is 16.5. The van der Waals surface area contributed by atoms with Gasteiger partial charge < -0.3 is 14.3 Å². The number of rotatable bonds is 7. The van der Waals surface area contributed by atoms with Crippen LogP contribution in [0, 0.1) is 0 Å². The van der Waals surface area contributed by atoms with Gasteiger partial charge >= 0.3 is 5.97 Å². The average Bonchev–Trinajstić information content (AvgIpc) is 2.91. The first-order chi connectivity index (χ1) is 10.1. The number of benzene rings is 1. The van der Waals surface area contributed by atoms with E-state index < -0.39 is 12.0 Å². The van der Waals surface area contributed by atoms with E-state index in [0.717, 1.165) is 0 Å². The van der Waals surface area contributed by atoms with Crippen molar-refractivity contribution < 1.29 is 19.1 Å². The van der Waals surface area contributed by atoms with E-state index in [9.17, 15) is 9.90 Å². The summed E-state index contributed by atoms with van der Waals surface area (Å²) in [5, 5.41) is 12.4. The van der Waals surface area contributed by atoms with Gasteiger partial charge in [0.1, 0.15) is 17.6 Å². The lowest BCUT2D eigenvalue weighted by molar-refractivity contribution is -0.139. The summed E-state index contributed by atoms with van der Waals surface area (Å²) < 4.78 is 10.8. The van der Waals surface area contributed by atoms with Crippen molar-refractivity contribution in [2.45, 2.75) is 32.5 Å². The van der Waals surface area contributed by atoms with Gasteiger partial charge in [-0.1, -0.05) is 12.1 Å². The minimum atomic E-state index is -0.941. The summed E-state index contributed by atoms with van der Waals surface area (Å²) in [6, 6.07) is 9.86. The molecule has 1 aromatic heterocycles. The summed E-state index contributed by atoms with van der Waals surface area (Å²) in [5.74, 6) is 0.410. The van der Waals surface area contributed by atoms with E-state index in [2.05, 4.69) is 5.32 Å². The molecule has 0 amide bonds. The third kappa shape index (κ3) is 4.36. The molecule has 0 fully saturated rings. The minimum Gasteiger partial charge on any atom is -0.491 e. The molecule has 21 heavy (non-hydrogen) atoms. The van der Waals surface area contributed by atoms with Gasteiger partial charge in [0.15, 0.2) is 0 Å². The summed E-state index contributed by atoms with van der Waals surface area (Å²) in [6.45, 7) is 4.20. The van der Waals surface area contributed by atoms with Crippen LogP contribution in [0.2, 0.25) is 0 Å². The van der Waals surface area contributed by atoms with Crippen LogP contribution in [-0.2, 0) is 11.3 Å². The number of nitrogens with one attached hydrogen (secondary N) is 1. The van der Waals surface area contributed by atoms with E-state index >= 15 is 0 Å². The molecule has 2 N–H and O–H groups in total. The first-order valence-corrected chi connectivity index (χ1v) is 6.81. The van der Waals surface area contributed by atoms with Crippen molar-refractivity contribution in [3.05, 3.63) is 54.0 Å². The third-order valence-electron chi connectivity index (χ3n) is 2.87. The number of hydrogen-bond donors (Lipinski definition) is 2. The number of carboxylic acids is 1. The molecule has 0 radical (unpaired) electrons. The van der Waals surface area contributed by atoms with Crippen molar-refractivity contribution in [1.29, 1.82) is 0 Å². The Balaban J connectivity index is 2.12. The third-order valence-corrected chi connectivity index (χ3v) is 2.87. The lowest BCUT2D eigenvalue weighted by Crippen LogP contribution is -2.28. The molecule has 112 valence electrons. The van der Waals surface area contributed by atoms with E-state index in [1.807, 2.05) is 19.9 Å². The molecular formula is C16H19NO4. The fraction of sp³-hybridized carbons (Fsp3) is 0.312. The Morgan fingerprint density at radius 3 is 2.76 bits per heavy atom. The van der Waals surface area contributed by atoms with Crippen molar-refractivity contribution in [3.8, 4) is 5.75 Å². The zero-order valence-electron chi connectivity index (χ0n) is 12.1. The van der Waals surface area contributed by atoms with Crippen LogP contribution in [0.3, 0.4) is 0 Å². The Hall–Kier alpha value is -2.27. The van der Waals surface area contributed by atoms with Gasteiger partial charge in [-0.25, -0.2) is 0 Å². The maximum atomic E-state index is 11.5. The minimum absolute atomic E-state index is 0.0413. The molecule has 2 rings (SSSR count). The smallest absolute Gasteiger partial charge is 0.325 e. The molecule has 1 atom stereocenters. The maximum Gasteiger partial charge on any atom is 0.325 e. The highest BCUT2D eigenvalue weighted by Gasteiger charge is 2.20. The van der Waals surface area contributed by atoms with Crippen LogP contribution in [-0.4, -0.2) is 17.2 Å². The van der Waals surface area contributed by atoms with Crippen molar-refractivity contribution in [3.63, 3.8) is 0 Å². The van der Waals surface area contributed by atoms with Gasteiger partial charge in [-0.15, -0.1) is 0 Å². The molecule has 0 aliphatic heterocycles. The normalized spacial score (nSPS) is 12.3. The predicted octanol–water partition coefficient (Wildman–Crippen LogP) is 2.98. The summed E-state index contributed by atoms with van der Waals surface area (Å²) in [4.78, 5) is 11.5. The van der Waals surface area contributed by atoms with Gasteiger partial charge in [-0.2, -0.15) is 0 Å². The SMILES string of the molecule is CC(C)Oc1cccc(C(NCc2ccco2)C(=O)O)c1. The fourth-order valence-electron chi connectivity index (χ4n) is 2.00. The Kier molecular flexibility index (Phi) is 5.00. The second-order valence-corrected chi connectivity index (χ2v) is 4.97. The summed E-state index contributed by atoms with van der Waals surface area (Å²) in [7, 11) is 0. The van der Waals surface area contributed by atoms with Crippen molar-refractivity contribution in [1.82, 2.24) is 5.32 Å². The Bertz CT molecular complexity index is 578. The highest BCUT2D eigenvalue weighted by Crippen LogP contribution is 2.21. The van der Waals surface area contributed by atoms with Crippen LogP contribution >= 0.6 is 0 Å². The van der Waals surface area contributed by atoms with Crippen molar-refractivity contribution in [2.24, 2.45) is 0 Å². The molecule has 0 aliphatic rings. The monoisotopic (exact) mass is 289 g/mol. The van der Waals surface area contributed by atoms with E-state index in [0.29, 0.717) is 23.6 Å². The van der Waals surface area contributed by atoms with Crippen LogP contribution in [0.5, 0.6) is 5.75 Å². The van der Waals surface area contributed by atoms with Gasteiger partial charge in [-0.05, 0) is 43.7 Å². The van der Waals surface area contributed by atoms with Crippen LogP contribution in [0.1, 0.15) is 31.2 Å². The second-order valence-electron chi connectivity index (χ2n) is 4.97. The molecule has 2 aromatic rings. The quantitative estimate of drug-likeness (QED) is 0.820. The summed E-state index contributed by atoms with van der Waals surface area (Å²) >= 11 is 0. The molecule has 0 bridgehead atoms. The Morgan fingerprint density at radius 1 is 1.33 bits per heavy atom. The number of furan rings is 1. The van der Waals surface area contributed by atoms with E-state index in [4.69, 9.17) is 9.15 Å². The molecule has 1 aromatic carbocycles. The molecule has 1 heterocycles. The van der Waals surface area contributed by atoms with Gasteiger partial charge in [0.2, 0.25) is 0 Å². The first-order valence-electron chi connectivity index (χ1n) is 6.81. The fourth-order valence-corrected chi connectivity index (χ4v) is 2.00.